The Labute approximate surface area is 103 Å². The molecule has 1 aliphatic heterocycles. The molecule has 1 fully saturated rings. The van der Waals surface area contributed by atoms with E-state index in [1.54, 1.807) is 6.33 Å². The SMILES string of the molecule is CCc1c(C)ncnc1N1CCC(CN)CC1. The molecule has 1 aliphatic rings. The number of hydrogen-bond acceptors (Lipinski definition) is 4. The second kappa shape index (κ2) is 5.45. The minimum atomic E-state index is 0.694. The lowest BCUT2D eigenvalue weighted by Crippen LogP contribution is -2.37. The average Bonchev–Trinajstić information content (AvgIpc) is 2.38. The zero-order chi connectivity index (χ0) is 12.3. The first-order chi connectivity index (χ1) is 8.26. The molecule has 1 saturated heterocycles. The van der Waals surface area contributed by atoms with E-state index in [1.165, 1.54) is 18.4 Å². The van der Waals surface area contributed by atoms with Gasteiger partial charge in [0.05, 0.1) is 0 Å². The summed E-state index contributed by atoms with van der Waals surface area (Å²) in [6.07, 6.45) is 5.04. The molecule has 0 aromatic carbocycles. The minimum Gasteiger partial charge on any atom is -0.356 e. The van der Waals surface area contributed by atoms with Crippen LogP contribution in [0.4, 0.5) is 5.82 Å². The van der Waals surface area contributed by atoms with Crippen LogP contribution in [-0.4, -0.2) is 29.6 Å². The smallest absolute Gasteiger partial charge is 0.135 e. The molecule has 1 aromatic heterocycles. The topological polar surface area (TPSA) is 55.0 Å². The monoisotopic (exact) mass is 234 g/mol. The quantitative estimate of drug-likeness (QED) is 0.861. The first-order valence-corrected chi connectivity index (χ1v) is 6.51. The summed E-state index contributed by atoms with van der Waals surface area (Å²) in [5.41, 5.74) is 8.12. The van der Waals surface area contributed by atoms with Gasteiger partial charge in [-0.25, -0.2) is 9.97 Å². The highest BCUT2D eigenvalue weighted by Gasteiger charge is 2.21. The Bertz CT molecular complexity index is 370. The average molecular weight is 234 g/mol. The molecule has 17 heavy (non-hydrogen) atoms. The molecule has 2 N–H and O–H groups in total. The van der Waals surface area contributed by atoms with Crippen LogP contribution in [0.25, 0.3) is 0 Å². The van der Waals surface area contributed by atoms with Gasteiger partial charge in [-0.15, -0.1) is 0 Å². The Balaban J connectivity index is 2.15. The van der Waals surface area contributed by atoms with Crippen molar-refractivity contribution >= 4 is 5.82 Å². The number of aromatic nitrogens is 2. The maximum atomic E-state index is 5.72. The van der Waals surface area contributed by atoms with Gasteiger partial charge < -0.3 is 10.6 Å². The Morgan fingerprint density at radius 2 is 2.06 bits per heavy atom. The Kier molecular flexibility index (Phi) is 3.94. The van der Waals surface area contributed by atoms with Crippen molar-refractivity contribution in [1.82, 2.24) is 9.97 Å². The maximum Gasteiger partial charge on any atom is 0.135 e. The number of aryl methyl sites for hydroxylation is 1. The second-order valence-corrected chi connectivity index (χ2v) is 4.78. The summed E-state index contributed by atoms with van der Waals surface area (Å²) >= 11 is 0. The Morgan fingerprint density at radius 1 is 1.35 bits per heavy atom. The molecule has 0 atom stereocenters. The first kappa shape index (κ1) is 12.3. The molecule has 1 aromatic rings. The lowest BCUT2D eigenvalue weighted by Gasteiger charge is -2.33. The van der Waals surface area contributed by atoms with Crippen molar-refractivity contribution in [3.63, 3.8) is 0 Å². The first-order valence-electron chi connectivity index (χ1n) is 6.51. The van der Waals surface area contributed by atoms with Crippen molar-refractivity contribution in [1.29, 1.82) is 0 Å². The van der Waals surface area contributed by atoms with E-state index in [9.17, 15) is 0 Å². The molecule has 94 valence electrons. The van der Waals surface area contributed by atoms with E-state index in [1.807, 2.05) is 0 Å². The molecule has 0 radical (unpaired) electrons. The van der Waals surface area contributed by atoms with Gasteiger partial charge in [-0.3, -0.25) is 0 Å². The maximum absolute atomic E-state index is 5.72. The lowest BCUT2D eigenvalue weighted by atomic mass is 9.96. The predicted molar refractivity (Wildman–Crippen MR) is 70.1 cm³/mol. The molecular weight excluding hydrogens is 212 g/mol. The number of nitrogens with zero attached hydrogens (tertiary/aromatic N) is 3. The minimum absolute atomic E-state index is 0.694. The second-order valence-electron chi connectivity index (χ2n) is 4.78. The molecule has 0 aliphatic carbocycles. The van der Waals surface area contributed by atoms with E-state index in [2.05, 4.69) is 28.7 Å². The molecule has 0 bridgehead atoms. The summed E-state index contributed by atoms with van der Waals surface area (Å²) in [6, 6.07) is 0. The van der Waals surface area contributed by atoms with Crippen molar-refractivity contribution in [3.8, 4) is 0 Å². The number of piperidine rings is 1. The highest BCUT2D eigenvalue weighted by molar-refractivity contribution is 5.48. The van der Waals surface area contributed by atoms with E-state index in [0.717, 1.165) is 37.6 Å². The summed E-state index contributed by atoms with van der Waals surface area (Å²) in [7, 11) is 0. The van der Waals surface area contributed by atoms with Gasteiger partial charge in [0.25, 0.3) is 0 Å². The van der Waals surface area contributed by atoms with Gasteiger partial charge in [0.15, 0.2) is 0 Å². The van der Waals surface area contributed by atoms with Crippen LogP contribution in [0.5, 0.6) is 0 Å². The Morgan fingerprint density at radius 3 is 2.65 bits per heavy atom. The van der Waals surface area contributed by atoms with Crippen molar-refractivity contribution in [3.05, 3.63) is 17.6 Å². The van der Waals surface area contributed by atoms with Crippen LogP contribution in [0.1, 0.15) is 31.0 Å². The van der Waals surface area contributed by atoms with E-state index in [4.69, 9.17) is 5.73 Å². The largest absolute Gasteiger partial charge is 0.356 e. The van der Waals surface area contributed by atoms with Crippen molar-refractivity contribution in [2.75, 3.05) is 24.5 Å². The van der Waals surface area contributed by atoms with Gasteiger partial charge >= 0.3 is 0 Å². The fourth-order valence-electron chi connectivity index (χ4n) is 2.55. The van der Waals surface area contributed by atoms with Crippen LogP contribution in [0.2, 0.25) is 0 Å². The van der Waals surface area contributed by atoms with Crippen LogP contribution in [-0.2, 0) is 6.42 Å². The third-order valence-corrected chi connectivity index (χ3v) is 3.74. The van der Waals surface area contributed by atoms with E-state index >= 15 is 0 Å². The van der Waals surface area contributed by atoms with Gasteiger partial charge in [0.1, 0.15) is 12.1 Å². The molecule has 2 heterocycles. The van der Waals surface area contributed by atoms with Gasteiger partial charge in [0, 0.05) is 24.3 Å². The summed E-state index contributed by atoms with van der Waals surface area (Å²) < 4.78 is 0. The molecular formula is C13H22N4. The van der Waals surface area contributed by atoms with E-state index in [0.29, 0.717) is 5.92 Å². The van der Waals surface area contributed by atoms with Crippen molar-refractivity contribution in [2.45, 2.75) is 33.1 Å². The standard InChI is InChI=1S/C13H22N4/c1-3-12-10(2)15-9-16-13(12)17-6-4-11(8-14)5-7-17/h9,11H,3-8,14H2,1-2H3. The lowest BCUT2D eigenvalue weighted by molar-refractivity contribution is 0.412. The zero-order valence-electron chi connectivity index (χ0n) is 10.8. The van der Waals surface area contributed by atoms with Gasteiger partial charge in [0.2, 0.25) is 0 Å². The number of hydrogen-bond donors (Lipinski definition) is 1. The summed E-state index contributed by atoms with van der Waals surface area (Å²) in [5, 5.41) is 0. The highest BCUT2D eigenvalue weighted by Crippen LogP contribution is 2.25. The van der Waals surface area contributed by atoms with E-state index < -0.39 is 0 Å². The van der Waals surface area contributed by atoms with Gasteiger partial charge in [-0.1, -0.05) is 6.92 Å². The third-order valence-electron chi connectivity index (χ3n) is 3.74. The van der Waals surface area contributed by atoms with Crippen LogP contribution in [0.3, 0.4) is 0 Å². The molecule has 0 unspecified atom stereocenters. The molecule has 0 amide bonds. The third kappa shape index (κ3) is 2.57. The number of anilines is 1. The van der Waals surface area contributed by atoms with Crippen LogP contribution in [0.15, 0.2) is 6.33 Å². The van der Waals surface area contributed by atoms with Crippen molar-refractivity contribution < 1.29 is 0 Å². The van der Waals surface area contributed by atoms with Crippen molar-refractivity contribution in [2.24, 2.45) is 11.7 Å². The van der Waals surface area contributed by atoms with Gasteiger partial charge in [-0.2, -0.15) is 0 Å². The normalized spacial score (nSPS) is 17.5. The highest BCUT2D eigenvalue weighted by atomic mass is 15.2. The van der Waals surface area contributed by atoms with E-state index in [-0.39, 0.29) is 0 Å². The number of rotatable bonds is 3. The molecule has 4 heteroatoms. The summed E-state index contributed by atoms with van der Waals surface area (Å²) in [5.74, 6) is 1.83. The molecule has 2 rings (SSSR count). The van der Waals surface area contributed by atoms with Crippen LogP contribution < -0.4 is 10.6 Å². The summed E-state index contributed by atoms with van der Waals surface area (Å²) in [6.45, 7) is 7.20. The molecule has 0 saturated carbocycles. The molecule has 4 nitrogen and oxygen atoms in total. The number of nitrogens with two attached hydrogens (primary N) is 1. The fourth-order valence-corrected chi connectivity index (χ4v) is 2.55. The Hall–Kier alpha value is -1.16. The zero-order valence-corrected chi connectivity index (χ0v) is 10.8. The summed E-state index contributed by atoms with van der Waals surface area (Å²) in [4.78, 5) is 11.1. The predicted octanol–water partition coefficient (Wildman–Crippen LogP) is 1.52. The fraction of sp³-hybridized carbons (Fsp3) is 0.692. The van der Waals surface area contributed by atoms with Crippen LogP contribution >= 0.6 is 0 Å². The van der Waals surface area contributed by atoms with Gasteiger partial charge in [-0.05, 0) is 38.6 Å². The molecule has 0 spiro atoms. The van der Waals surface area contributed by atoms with Crippen LogP contribution in [0, 0.1) is 12.8 Å².